The molecule has 20 heavy (non-hydrogen) atoms. The molecule has 0 aromatic carbocycles. The molecule has 4 nitrogen and oxygen atoms in total. The Labute approximate surface area is 128 Å². The molecule has 1 aromatic heterocycles. The predicted molar refractivity (Wildman–Crippen MR) is 84.2 cm³/mol. The van der Waals surface area contributed by atoms with Gasteiger partial charge in [0.15, 0.2) is 0 Å². The first-order valence-corrected chi connectivity index (χ1v) is 9.23. The van der Waals surface area contributed by atoms with Crippen molar-refractivity contribution in [1.82, 2.24) is 15.2 Å². The summed E-state index contributed by atoms with van der Waals surface area (Å²) in [7, 11) is 0. The van der Waals surface area contributed by atoms with E-state index in [4.69, 9.17) is 0 Å². The molecule has 0 radical (unpaired) electrons. The zero-order chi connectivity index (χ0) is 14.0. The fourth-order valence-corrected chi connectivity index (χ4v) is 4.71. The van der Waals surface area contributed by atoms with Crippen LogP contribution in [0.4, 0.5) is 4.79 Å². The smallest absolute Gasteiger partial charge is 0.318 e. The number of nitrogens with zero attached hydrogens (tertiary/aromatic N) is 2. The molecule has 1 unspecified atom stereocenters. The summed E-state index contributed by atoms with van der Waals surface area (Å²) in [5.41, 5.74) is 0.330. The van der Waals surface area contributed by atoms with Crippen LogP contribution in [-0.2, 0) is 0 Å². The van der Waals surface area contributed by atoms with Crippen molar-refractivity contribution in [2.24, 2.45) is 5.41 Å². The highest BCUT2D eigenvalue weighted by molar-refractivity contribution is 7.99. The van der Waals surface area contributed by atoms with Gasteiger partial charge in [-0.05, 0) is 18.3 Å². The summed E-state index contributed by atoms with van der Waals surface area (Å²) >= 11 is 3.55. The normalized spacial score (nSPS) is 25.1. The van der Waals surface area contributed by atoms with Gasteiger partial charge in [0.25, 0.3) is 0 Å². The number of carbonyl (C=O) groups excluding carboxylic acids is 1. The van der Waals surface area contributed by atoms with Crippen LogP contribution < -0.4 is 5.32 Å². The second kappa shape index (κ2) is 5.93. The number of thiazole rings is 1. The van der Waals surface area contributed by atoms with Gasteiger partial charge in [-0.25, -0.2) is 9.78 Å². The third-order valence-corrected chi connectivity index (χ3v) is 6.25. The van der Waals surface area contributed by atoms with Crippen LogP contribution in [0, 0.1) is 5.41 Å². The lowest BCUT2D eigenvalue weighted by Crippen LogP contribution is -2.49. The summed E-state index contributed by atoms with van der Waals surface area (Å²) in [4.78, 5) is 18.8. The summed E-state index contributed by atoms with van der Waals surface area (Å²) < 4.78 is 0. The molecule has 3 rings (SSSR count). The van der Waals surface area contributed by atoms with E-state index in [9.17, 15) is 4.79 Å². The molecule has 0 bridgehead atoms. The molecule has 1 aliphatic heterocycles. The molecular formula is C14H21N3OS2. The van der Waals surface area contributed by atoms with Gasteiger partial charge >= 0.3 is 6.03 Å². The Kier molecular flexibility index (Phi) is 4.21. The number of aromatic nitrogens is 1. The minimum Gasteiger partial charge on any atom is -0.337 e. The van der Waals surface area contributed by atoms with E-state index >= 15 is 0 Å². The Morgan fingerprint density at radius 3 is 3.10 bits per heavy atom. The summed E-state index contributed by atoms with van der Waals surface area (Å²) in [6.45, 7) is 3.89. The molecule has 1 atom stereocenters. The van der Waals surface area contributed by atoms with Gasteiger partial charge in [0.1, 0.15) is 5.01 Å². The lowest BCUT2D eigenvalue weighted by atomic mass is 9.70. The van der Waals surface area contributed by atoms with E-state index in [1.807, 2.05) is 28.2 Å². The fraction of sp³-hybridized carbons (Fsp3) is 0.714. The van der Waals surface area contributed by atoms with Crippen molar-refractivity contribution in [3.63, 3.8) is 0 Å². The molecule has 2 aliphatic rings. The molecule has 110 valence electrons. The molecule has 2 fully saturated rings. The van der Waals surface area contributed by atoms with Crippen molar-refractivity contribution >= 4 is 29.1 Å². The first-order valence-electron chi connectivity index (χ1n) is 7.20. The van der Waals surface area contributed by atoms with Crippen LogP contribution in [0.25, 0.3) is 0 Å². The Bertz CT molecular complexity index is 459. The van der Waals surface area contributed by atoms with Crippen LogP contribution in [0.15, 0.2) is 11.6 Å². The number of amides is 2. The number of hydrogen-bond acceptors (Lipinski definition) is 4. The minimum atomic E-state index is 0.0821. The van der Waals surface area contributed by atoms with Gasteiger partial charge < -0.3 is 10.2 Å². The summed E-state index contributed by atoms with van der Waals surface area (Å²) in [5.74, 6) is 1.98. The SMILES string of the molecule is CC1(CNC(=O)N2CCSCC2c2nccs2)CCC1. The molecule has 2 heterocycles. The van der Waals surface area contributed by atoms with Gasteiger partial charge in [-0.3, -0.25) is 0 Å². The van der Waals surface area contributed by atoms with Crippen molar-refractivity contribution in [1.29, 1.82) is 0 Å². The van der Waals surface area contributed by atoms with Crippen molar-refractivity contribution in [3.8, 4) is 0 Å². The Hall–Kier alpha value is -0.750. The third kappa shape index (κ3) is 2.96. The molecule has 1 saturated heterocycles. The average molecular weight is 311 g/mol. The van der Waals surface area contributed by atoms with E-state index in [1.165, 1.54) is 19.3 Å². The summed E-state index contributed by atoms with van der Waals surface area (Å²) in [6.07, 6.45) is 5.59. The molecule has 1 aliphatic carbocycles. The van der Waals surface area contributed by atoms with Gasteiger partial charge in [-0.1, -0.05) is 13.3 Å². The predicted octanol–water partition coefficient (Wildman–Crippen LogP) is 3.13. The zero-order valence-electron chi connectivity index (χ0n) is 11.8. The number of carbonyl (C=O) groups is 1. The lowest BCUT2D eigenvalue weighted by Gasteiger charge is -2.40. The summed E-state index contributed by atoms with van der Waals surface area (Å²) in [5, 5.41) is 6.19. The quantitative estimate of drug-likeness (QED) is 0.933. The lowest BCUT2D eigenvalue weighted by molar-refractivity contribution is 0.142. The number of hydrogen-bond donors (Lipinski definition) is 1. The largest absolute Gasteiger partial charge is 0.337 e. The van der Waals surface area contributed by atoms with Crippen molar-refractivity contribution < 1.29 is 4.79 Å². The van der Waals surface area contributed by atoms with Gasteiger partial charge in [0.05, 0.1) is 6.04 Å². The number of nitrogens with one attached hydrogen (secondary N) is 1. The minimum absolute atomic E-state index is 0.0821. The van der Waals surface area contributed by atoms with Crippen molar-refractivity contribution in [2.45, 2.75) is 32.2 Å². The maximum Gasteiger partial charge on any atom is 0.318 e. The molecular weight excluding hydrogens is 290 g/mol. The van der Waals surface area contributed by atoms with E-state index < -0.39 is 0 Å². The standard InChI is InChI=1S/C14H21N3OS2/c1-14(3-2-4-14)10-16-13(18)17-6-8-19-9-11(17)12-15-5-7-20-12/h5,7,11H,2-4,6,8-10H2,1H3,(H,16,18). The Balaban J connectivity index is 1.62. The maximum atomic E-state index is 12.5. The van der Waals surface area contributed by atoms with E-state index in [0.717, 1.165) is 29.6 Å². The Morgan fingerprint density at radius 2 is 2.45 bits per heavy atom. The van der Waals surface area contributed by atoms with Crippen LogP contribution in [0.1, 0.15) is 37.2 Å². The number of urea groups is 1. The molecule has 0 spiro atoms. The molecule has 1 aromatic rings. The van der Waals surface area contributed by atoms with E-state index in [-0.39, 0.29) is 12.1 Å². The molecule has 1 saturated carbocycles. The highest BCUT2D eigenvalue weighted by atomic mass is 32.2. The highest BCUT2D eigenvalue weighted by Crippen LogP contribution is 2.39. The average Bonchev–Trinajstić information content (AvgIpc) is 2.96. The molecule has 2 amide bonds. The van der Waals surface area contributed by atoms with Crippen molar-refractivity contribution in [3.05, 3.63) is 16.6 Å². The monoisotopic (exact) mass is 311 g/mol. The second-order valence-electron chi connectivity index (χ2n) is 5.98. The van der Waals surface area contributed by atoms with Crippen LogP contribution in [0.2, 0.25) is 0 Å². The highest BCUT2D eigenvalue weighted by Gasteiger charge is 2.34. The second-order valence-corrected chi connectivity index (χ2v) is 8.05. The maximum absolute atomic E-state index is 12.5. The summed E-state index contributed by atoms with van der Waals surface area (Å²) in [6, 6.07) is 0.224. The van der Waals surface area contributed by atoms with E-state index in [2.05, 4.69) is 17.2 Å². The third-order valence-electron chi connectivity index (χ3n) is 4.35. The van der Waals surface area contributed by atoms with Crippen molar-refractivity contribution in [2.75, 3.05) is 24.6 Å². The van der Waals surface area contributed by atoms with E-state index in [1.54, 1.807) is 11.3 Å². The van der Waals surface area contributed by atoms with Gasteiger partial charge in [-0.15, -0.1) is 11.3 Å². The topological polar surface area (TPSA) is 45.2 Å². The number of rotatable bonds is 3. The molecule has 6 heteroatoms. The zero-order valence-corrected chi connectivity index (χ0v) is 13.4. The van der Waals surface area contributed by atoms with Crippen LogP contribution >= 0.6 is 23.1 Å². The first kappa shape index (κ1) is 14.2. The van der Waals surface area contributed by atoms with Crippen LogP contribution in [0.5, 0.6) is 0 Å². The fourth-order valence-electron chi connectivity index (χ4n) is 2.80. The number of thioether (sulfide) groups is 1. The van der Waals surface area contributed by atoms with Crippen LogP contribution in [-0.4, -0.2) is 40.5 Å². The first-order chi connectivity index (χ1) is 9.68. The Morgan fingerprint density at radius 1 is 1.60 bits per heavy atom. The van der Waals surface area contributed by atoms with Gasteiger partial charge in [0, 0.05) is 36.2 Å². The molecule has 1 N–H and O–H groups in total. The van der Waals surface area contributed by atoms with E-state index in [0.29, 0.717) is 5.41 Å². The van der Waals surface area contributed by atoms with Crippen LogP contribution in [0.3, 0.4) is 0 Å². The van der Waals surface area contributed by atoms with Gasteiger partial charge in [0.2, 0.25) is 0 Å². The van der Waals surface area contributed by atoms with Gasteiger partial charge in [-0.2, -0.15) is 11.8 Å².